The van der Waals surface area contributed by atoms with E-state index in [0.29, 0.717) is 21.6 Å². The van der Waals surface area contributed by atoms with Crippen molar-refractivity contribution in [2.75, 3.05) is 16.8 Å². The molecule has 0 bridgehead atoms. The fraction of sp³-hybridized carbons (Fsp3) is 0.130. The Kier molecular flexibility index (Phi) is 4.63. The highest BCUT2D eigenvalue weighted by Crippen LogP contribution is 2.35. The second-order valence-electron chi connectivity index (χ2n) is 7.30. The number of aromatic nitrogens is 2. The van der Waals surface area contributed by atoms with Gasteiger partial charge in [-0.1, -0.05) is 42.5 Å². The predicted molar refractivity (Wildman–Crippen MR) is 121 cm³/mol. The number of benzene rings is 2. The second-order valence-corrected chi connectivity index (χ2v) is 8.51. The Balaban J connectivity index is 1.55. The van der Waals surface area contributed by atoms with Gasteiger partial charge in [0.2, 0.25) is 11.8 Å². The van der Waals surface area contributed by atoms with Crippen LogP contribution >= 0.6 is 11.3 Å². The average molecular weight is 430 g/mol. The maximum absolute atomic E-state index is 13.3. The summed E-state index contributed by atoms with van der Waals surface area (Å²) >= 11 is 1.46. The van der Waals surface area contributed by atoms with Gasteiger partial charge in [-0.25, -0.2) is 4.98 Å². The molecule has 1 N–H and O–H groups in total. The van der Waals surface area contributed by atoms with Crippen molar-refractivity contribution >= 4 is 44.7 Å². The van der Waals surface area contributed by atoms with E-state index in [0.717, 1.165) is 16.0 Å². The van der Waals surface area contributed by atoms with E-state index in [-0.39, 0.29) is 30.5 Å². The van der Waals surface area contributed by atoms with Crippen LogP contribution in [0, 0.1) is 6.92 Å². The van der Waals surface area contributed by atoms with Crippen molar-refractivity contribution < 1.29 is 9.59 Å². The number of carbonyl (C=O) groups excluding carboxylic acids is 2. The van der Waals surface area contributed by atoms with E-state index < -0.39 is 0 Å². The van der Waals surface area contributed by atoms with Gasteiger partial charge in [0.1, 0.15) is 17.9 Å². The Hall–Kier alpha value is -3.78. The molecule has 1 aliphatic rings. The second kappa shape index (κ2) is 7.48. The number of aryl methyl sites for hydroxylation is 1. The highest BCUT2D eigenvalue weighted by atomic mass is 32.1. The van der Waals surface area contributed by atoms with Crippen LogP contribution in [0.25, 0.3) is 21.3 Å². The number of nitrogens with zero attached hydrogens (tertiary/aromatic N) is 3. The van der Waals surface area contributed by atoms with Gasteiger partial charge in [-0.2, -0.15) is 0 Å². The zero-order chi connectivity index (χ0) is 21.5. The SMILES string of the molecule is Cc1sc2ncn(CC(=O)N3CC(=O)Nc4ccccc43)c(=O)c2c1-c1ccccc1. The number of para-hydroxylation sites is 2. The lowest BCUT2D eigenvalue weighted by molar-refractivity contribution is -0.122. The molecule has 2 amide bonds. The molecule has 0 radical (unpaired) electrons. The third-order valence-corrected chi connectivity index (χ3v) is 6.31. The third-order valence-electron chi connectivity index (χ3n) is 5.29. The lowest BCUT2D eigenvalue weighted by atomic mass is 10.0. The summed E-state index contributed by atoms with van der Waals surface area (Å²) in [5, 5.41) is 3.27. The number of rotatable bonds is 3. The maximum Gasteiger partial charge on any atom is 0.263 e. The third kappa shape index (κ3) is 3.30. The Labute approximate surface area is 181 Å². The summed E-state index contributed by atoms with van der Waals surface area (Å²) in [6, 6.07) is 16.8. The number of amides is 2. The van der Waals surface area contributed by atoms with Crippen molar-refractivity contribution in [2.45, 2.75) is 13.5 Å². The van der Waals surface area contributed by atoms with Crippen LogP contribution in [0.15, 0.2) is 65.7 Å². The lowest BCUT2D eigenvalue weighted by Crippen LogP contribution is -2.44. The highest BCUT2D eigenvalue weighted by Gasteiger charge is 2.27. The van der Waals surface area contributed by atoms with Crippen molar-refractivity contribution in [3.05, 3.63) is 76.2 Å². The summed E-state index contributed by atoms with van der Waals surface area (Å²) in [6.07, 6.45) is 1.41. The molecule has 31 heavy (non-hydrogen) atoms. The summed E-state index contributed by atoms with van der Waals surface area (Å²) in [7, 11) is 0. The van der Waals surface area contributed by atoms with Crippen LogP contribution in [0.4, 0.5) is 11.4 Å². The number of anilines is 2. The molecule has 0 atom stereocenters. The number of carbonyl (C=O) groups is 2. The number of hydrogen-bond acceptors (Lipinski definition) is 5. The van der Waals surface area contributed by atoms with Gasteiger partial charge in [0, 0.05) is 10.4 Å². The van der Waals surface area contributed by atoms with Gasteiger partial charge in [-0.3, -0.25) is 23.9 Å². The molecule has 0 unspecified atom stereocenters. The van der Waals surface area contributed by atoms with E-state index in [9.17, 15) is 14.4 Å². The Bertz CT molecular complexity index is 1390. The molecule has 5 rings (SSSR count). The molecule has 3 heterocycles. The molecule has 1 aliphatic heterocycles. The van der Waals surface area contributed by atoms with Gasteiger partial charge in [-0.15, -0.1) is 11.3 Å². The van der Waals surface area contributed by atoms with Gasteiger partial charge in [0.25, 0.3) is 5.56 Å². The van der Waals surface area contributed by atoms with Gasteiger partial charge >= 0.3 is 0 Å². The smallest absolute Gasteiger partial charge is 0.263 e. The van der Waals surface area contributed by atoms with Gasteiger partial charge in [0.05, 0.1) is 23.1 Å². The summed E-state index contributed by atoms with van der Waals surface area (Å²) in [6.45, 7) is 1.67. The maximum atomic E-state index is 13.3. The van der Waals surface area contributed by atoms with Crippen molar-refractivity contribution in [3.8, 4) is 11.1 Å². The van der Waals surface area contributed by atoms with Gasteiger partial charge in [-0.05, 0) is 24.6 Å². The topological polar surface area (TPSA) is 84.3 Å². The first-order chi connectivity index (χ1) is 15.0. The molecular weight excluding hydrogens is 412 g/mol. The van der Waals surface area contributed by atoms with E-state index in [1.807, 2.05) is 37.3 Å². The monoisotopic (exact) mass is 430 g/mol. The van der Waals surface area contributed by atoms with Crippen molar-refractivity contribution in [1.82, 2.24) is 9.55 Å². The first-order valence-corrected chi connectivity index (χ1v) is 10.6. The quantitative estimate of drug-likeness (QED) is 0.540. The number of hydrogen-bond donors (Lipinski definition) is 1. The van der Waals surface area contributed by atoms with Gasteiger partial charge < -0.3 is 5.32 Å². The zero-order valence-corrected chi connectivity index (χ0v) is 17.5. The first kappa shape index (κ1) is 19.2. The molecule has 0 saturated heterocycles. The lowest BCUT2D eigenvalue weighted by Gasteiger charge is -2.29. The first-order valence-electron chi connectivity index (χ1n) is 9.76. The minimum absolute atomic E-state index is 0.0902. The zero-order valence-electron chi connectivity index (χ0n) is 16.7. The van der Waals surface area contributed by atoms with E-state index in [4.69, 9.17) is 0 Å². The number of thiophene rings is 1. The Morgan fingerprint density at radius 1 is 1.10 bits per heavy atom. The Morgan fingerprint density at radius 3 is 2.65 bits per heavy atom. The average Bonchev–Trinajstić information content (AvgIpc) is 3.12. The fourth-order valence-electron chi connectivity index (χ4n) is 3.89. The van der Waals surface area contributed by atoms with E-state index in [2.05, 4.69) is 10.3 Å². The van der Waals surface area contributed by atoms with Crippen LogP contribution in [-0.2, 0) is 16.1 Å². The molecule has 0 spiro atoms. The molecule has 0 aliphatic carbocycles. The van der Waals surface area contributed by atoms with Crippen LogP contribution in [0.2, 0.25) is 0 Å². The summed E-state index contributed by atoms with van der Waals surface area (Å²) in [5.74, 6) is -0.619. The van der Waals surface area contributed by atoms with Crippen LogP contribution in [0.3, 0.4) is 0 Å². The summed E-state index contributed by atoms with van der Waals surface area (Å²) in [5.41, 5.74) is 2.72. The molecule has 0 fully saturated rings. The van der Waals surface area contributed by atoms with Crippen LogP contribution in [0.1, 0.15) is 4.88 Å². The van der Waals surface area contributed by atoms with Crippen molar-refractivity contribution in [3.63, 3.8) is 0 Å². The predicted octanol–water partition coefficient (Wildman–Crippen LogP) is 3.42. The van der Waals surface area contributed by atoms with Crippen LogP contribution in [-0.4, -0.2) is 27.9 Å². The molecule has 0 saturated carbocycles. The molecular formula is C23H18N4O3S. The van der Waals surface area contributed by atoms with Crippen LogP contribution in [0.5, 0.6) is 0 Å². The number of fused-ring (bicyclic) bond motifs is 2. The molecule has 154 valence electrons. The summed E-state index contributed by atoms with van der Waals surface area (Å²) < 4.78 is 1.32. The molecule has 2 aromatic carbocycles. The summed E-state index contributed by atoms with van der Waals surface area (Å²) in [4.78, 5) is 46.0. The molecule has 2 aromatic heterocycles. The van der Waals surface area contributed by atoms with E-state index in [1.165, 1.54) is 27.1 Å². The van der Waals surface area contributed by atoms with Crippen LogP contribution < -0.4 is 15.8 Å². The Morgan fingerprint density at radius 2 is 1.84 bits per heavy atom. The minimum Gasteiger partial charge on any atom is -0.323 e. The van der Waals surface area contributed by atoms with E-state index in [1.54, 1.807) is 24.3 Å². The standard InChI is InChI=1S/C23H18N4O3S/c1-14-20(15-7-3-2-4-8-15)21-22(31-14)24-13-26(23(21)30)12-19(29)27-11-18(28)25-16-9-5-6-10-17(16)27/h2-10,13H,11-12H2,1H3,(H,25,28). The van der Waals surface area contributed by atoms with Gasteiger partial charge in [0.15, 0.2) is 0 Å². The largest absolute Gasteiger partial charge is 0.323 e. The van der Waals surface area contributed by atoms with Crippen molar-refractivity contribution in [1.29, 1.82) is 0 Å². The van der Waals surface area contributed by atoms with Crippen molar-refractivity contribution in [2.24, 2.45) is 0 Å². The highest BCUT2D eigenvalue weighted by molar-refractivity contribution is 7.19. The fourth-order valence-corrected chi connectivity index (χ4v) is 4.89. The number of nitrogens with one attached hydrogen (secondary N) is 1. The molecule has 4 aromatic rings. The molecule has 8 heteroatoms. The normalized spacial score (nSPS) is 13.2. The molecule has 7 nitrogen and oxygen atoms in total. The van der Waals surface area contributed by atoms with E-state index >= 15 is 0 Å². The minimum atomic E-state index is -0.348.